The van der Waals surface area contributed by atoms with Gasteiger partial charge in [-0.25, -0.2) is 0 Å². The average molecular weight is 247 g/mol. The van der Waals surface area contributed by atoms with Gasteiger partial charge in [0.15, 0.2) is 0 Å². The van der Waals surface area contributed by atoms with Crippen LogP contribution in [0, 0.1) is 13.8 Å². The lowest BCUT2D eigenvalue weighted by Crippen LogP contribution is -1.92. The fraction of sp³-hybridized carbons (Fsp3) is 0.167. The Hall–Kier alpha value is -2.15. The summed E-state index contributed by atoms with van der Waals surface area (Å²) >= 11 is 0. The topological polar surface area (TPSA) is 12.9 Å². The highest BCUT2D eigenvalue weighted by atomic mass is 14.6. The van der Waals surface area contributed by atoms with Crippen LogP contribution < -0.4 is 0 Å². The van der Waals surface area contributed by atoms with Gasteiger partial charge in [-0.3, -0.25) is 4.98 Å². The second kappa shape index (κ2) is 4.85. The van der Waals surface area contributed by atoms with Crippen molar-refractivity contribution in [2.75, 3.05) is 0 Å². The fourth-order valence-corrected chi connectivity index (χ4v) is 2.40. The van der Waals surface area contributed by atoms with E-state index in [9.17, 15) is 0 Å². The monoisotopic (exact) mass is 247 g/mol. The van der Waals surface area contributed by atoms with Crippen LogP contribution in [0.1, 0.15) is 22.3 Å². The molecule has 1 aromatic heterocycles. The molecule has 3 aromatic rings. The average Bonchev–Trinajstić information content (AvgIpc) is 2.42. The van der Waals surface area contributed by atoms with Crippen LogP contribution in [0.15, 0.2) is 54.7 Å². The van der Waals surface area contributed by atoms with Crippen molar-refractivity contribution < 1.29 is 0 Å². The lowest BCUT2D eigenvalue weighted by molar-refractivity contribution is 1.19. The molecule has 0 bridgehead atoms. The van der Waals surface area contributed by atoms with E-state index in [2.05, 4.69) is 67.4 Å². The molecule has 94 valence electrons. The van der Waals surface area contributed by atoms with Crippen molar-refractivity contribution in [2.24, 2.45) is 0 Å². The molecule has 0 aliphatic heterocycles. The van der Waals surface area contributed by atoms with E-state index in [0.29, 0.717) is 0 Å². The summed E-state index contributed by atoms with van der Waals surface area (Å²) in [5.41, 5.74) is 6.36. The largest absolute Gasteiger partial charge is 0.256 e. The van der Waals surface area contributed by atoms with Crippen LogP contribution in [0.4, 0.5) is 0 Å². The van der Waals surface area contributed by atoms with Gasteiger partial charge >= 0.3 is 0 Å². The molecule has 0 aliphatic rings. The van der Waals surface area contributed by atoms with Crippen molar-refractivity contribution in [1.82, 2.24) is 4.98 Å². The summed E-state index contributed by atoms with van der Waals surface area (Å²) in [6.07, 6.45) is 2.87. The summed E-state index contributed by atoms with van der Waals surface area (Å²) in [4.78, 5) is 4.44. The minimum absolute atomic E-state index is 0.961. The number of hydrogen-bond donors (Lipinski definition) is 0. The molecule has 0 N–H and O–H groups in total. The van der Waals surface area contributed by atoms with Crippen LogP contribution in [0.5, 0.6) is 0 Å². The zero-order valence-electron chi connectivity index (χ0n) is 11.4. The Balaban J connectivity index is 2.05. The third-order valence-electron chi connectivity index (χ3n) is 3.50. The first-order chi connectivity index (χ1) is 9.22. The van der Waals surface area contributed by atoms with E-state index in [0.717, 1.165) is 11.9 Å². The smallest absolute Gasteiger partial charge is 0.0705 e. The van der Waals surface area contributed by atoms with Crippen molar-refractivity contribution in [1.29, 1.82) is 0 Å². The number of pyridine rings is 1. The van der Waals surface area contributed by atoms with Crippen LogP contribution in [0.2, 0.25) is 0 Å². The Morgan fingerprint density at radius 2 is 1.58 bits per heavy atom. The molecular weight excluding hydrogens is 230 g/mol. The molecule has 19 heavy (non-hydrogen) atoms. The number of nitrogens with zero attached hydrogens (tertiary/aromatic N) is 1. The molecule has 0 spiro atoms. The minimum Gasteiger partial charge on any atom is -0.256 e. The normalized spacial score (nSPS) is 10.8. The van der Waals surface area contributed by atoms with Crippen LogP contribution in [-0.4, -0.2) is 4.98 Å². The number of hydrogen-bond acceptors (Lipinski definition) is 1. The molecule has 0 saturated heterocycles. The zero-order chi connectivity index (χ0) is 13.2. The molecule has 1 nitrogen and oxygen atoms in total. The number of aryl methyl sites for hydroxylation is 2. The van der Waals surface area contributed by atoms with Crippen molar-refractivity contribution in [2.45, 2.75) is 20.3 Å². The van der Waals surface area contributed by atoms with Crippen molar-refractivity contribution in [3.05, 3.63) is 77.0 Å². The maximum atomic E-state index is 4.44. The van der Waals surface area contributed by atoms with E-state index in [-0.39, 0.29) is 0 Å². The lowest BCUT2D eigenvalue weighted by atomic mass is 9.99. The van der Waals surface area contributed by atoms with Crippen molar-refractivity contribution in [3.63, 3.8) is 0 Å². The van der Waals surface area contributed by atoms with E-state index in [1.54, 1.807) is 0 Å². The van der Waals surface area contributed by atoms with Crippen LogP contribution in [-0.2, 0) is 6.42 Å². The molecular formula is C18H17N. The van der Waals surface area contributed by atoms with Gasteiger partial charge in [0, 0.05) is 11.6 Å². The highest BCUT2D eigenvalue weighted by Gasteiger charge is 2.03. The molecule has 0 amide bonds. The molecule has 0 unspecified atom stereocenters. The number of rotatable bonds is 2. The summed E-state index contributed by atoms with van der Waals surface area (Å²) < 4.78 is 0. The predicted molar refractivity (Wildman–Crippen MR) is 80.5 cm³/mol. The maximum absolute atomic E-state index is 4.44. The highest BCUT2D eigenvalue weighted by Crippen LogP contribution is 2.21. The zero-order valence-corrected chi connectivity index (χ0v) is 11.4. The van der Waals surface area contributed by atoms with Crippen LogP contribution in [0.25, 0.3) is 10.9 Å². The Morgan fingerprint density at radius 3 is 2.37 bits per heavy atom. The summed E-state index contributed by atoms with van der Waals surface area (Å²) in [5, 5.41) is 1.27. The molecule has 0 radical (unpaired) electrons. The highest BCUT2D eigenvalue weighted by molar-refractivity contribution is 5.83. The summed E-state index contributed by atoms with van der Waals surface area (Å²) in [7, 11) is 0. The second-order valence-corrected chi connectivity index (χ2v) is 5.15. The van der Waals surface area contributed by atoms with Gasteiger partial charge in [-0.05, 0) is 49.6 Å². The van der Waals surface area contributed by atoms with Gasteiger partial charge in [-0.1, -0.05) is 41.5 Å². The first-order valence-corrected chi connectivity index (χ1v) is 6.62. The van der Waals surface area contributed by atoms with Crippen LogP contribution >= 0.6 is 0 Å². The summed E-state index contributed by atoms with van der Waals surface area (Å²) in [5.74, 6) is 0. The SMILES string of the molecule is Cc1ccc(Cc2ccnc3ccc(C)cc23)cc1. The molecule has 0 fully saturated rings. The number of benzene rings is 2. The molecule has 1 heterocycles. The van der Waals surface area contributed by atoms with E-state index in [1.807, 2.05) is 6.20 Å². The quantitative estimate of drug-likeness (QED) is 0.652. The van der Waals surface area contributed by atoms with Crippen molar-refractivity contribution >= 4 is 10.9 Å². The minimum atomic E-state index is 0.961. The lowest BCUT2D eigenvalue weighted by Gasteiger charge is -2.07. The van der Waals surface area contributed by atoms with E-state index in [1.165, 1.54) is 27.6 Å². The molecule has 0 aliphatic carbocycles. The Labute approximate surface area is 113 Å². The Bertz CT molecular complexity index is 711. The van der Waals surface area contributed by atoms with Gasteiger partial charge in [0.1, 0.15) is 0 Å². The van der Waals surface area contributed by atoms with Gasteiger partial charge in [0.05, 0.1) is 5.52 Å². The van der Waals surface area contributed by atoms with Crippen LogP contribution in [0.3, 0.4) is 0 Å². The summed E-state index contributed by atoms with van der Waals surface area (Å²) in [6.45, 7) is 4.25. The number of aromatic nitrogens is 1. The molecule has 0 saturated carbocycles. The Morgan fingerprint density at radius 1 is 0.842 bits per heavy atom. The third kappa shape index (κ3) is 2.50. The molecule has 2 aromatic carbocycles. The maximum Gasteiger partial charge on any atom is 0.0705 e. The molecule has 3 rings (SSSR count). The molecule has 0 atom stereocenters. The third-order valence-corrected chi connectivity index (χ3v) is 3.50. The van der Waals surface area contributed by atoms with Gasteiger partial charge in [0.2, 0.25) is 0 Å². The van der Waals surface area contributed by atoms with E-state index >= 15 is 0 Å². The Kier molecular flexibility index (Phi) is 3.04. The van der Waals surface area contributed by atoms with E-state index in [4.69, 9.17) is 0 Å². The first kappa shape index (κ1) is 11.9. The first-order valence-electron chi connectivity index (χ1n) is 6.62. The second-order valence-electron chi connectivity index (χ2n) is 5.15. The molecule has 1 heteroatoms. The van der Waals surface area contributed by atoms with Gasteiger partial charge in [0.25, 0.3) is 0 Å². The van der Waals surface area contributed by atoms with Crippen molar-refractivity contribution in [3.8, 4) is 0 Å². The van der Waals surface area contributed by atoms with Gasteiger partial charge < -0.3 is 0 Å². The van der Waals surface area contributed by atoms with Gasteiger partial charge in [-0.15, -0.1) is 0 Å². The fourth-order valence-electron chi connectivity index (χ4n) is 2.40. The summed E-state index contributed by atoms with van der Waals surface area (Å²) in [6, 6.07) is 17.3. The van der Waals surface area contributed by atoms with E-state index < -0.39 is 0 Å². The standard InChI is InChI=1S/C18H17N/c1-13-3-6-15(7-4-13)12-16-9-10-19-18-8-5-14(2)11-17(16)18/h3-11H,12H2,1-2H3. The number of fused-ring (bicyclic) bond motifs is 1. The predicted octanol–water partition coefficient (Wildman–Crippen LogP) is 4.44. The van der Waals surface area contributed by atoms with Gasteiger partial charge in [-0.2, -0.15) is 0 Å².